The molecule has 3 heteroatoms. The lowest BCUT2D eigenvalue weighted by Gasteiger charge is -2.20. The number of likely N-dealkylation sites (tertiary alicyclic amines) is 1. The first-order valence-electron chi connectivity index (χ1n) is 4.10. The summed E-state index contributed by atoms with van der Waals surface area (Å²) in [6, 6.07) is 2.44. The van der Waals surface area contributed by atoms with Crippen LogP contribution < -0.4 is 0 Å². The first-order chi connectivity index (χ1) is 5.38. The van der Waals surface area contributed by atoms with Crippen LogP contribution in [0.15, 0.2) is 0 Å². The molecule has 1 heterocycles. The van der Waals surface area contributed by atoms with Crippen LogP contribution in [0.25, 0.3) is 0 Å². The van der Waals surface area contributed by atoms with Gasteiger partial charge in [-0.15, -0.1) is 0 Å². The molecule has 0 aliphatic carbocycles. The molecular weight excluding hydrogens is 140 g/mol. The highest BCUT2D eigenvalue weighted by molar-refractivity contribution is 4.81. The Morgan fingerprint density at radius 1 is 1.64 bits per heavy atom. The minimum Gasteiger partial charge on any atom is -0.395 e. The second kappa shape index (κ2) is 4.32. The third-order valence-corrected chi connectivity index (χ3v) is 2.22. The molecule has 0 unspecified atom stereocenters. The van der Waals surface area contributed by atoms with Crippen molar-refractivity contribution in [1.29, 1.82) is 5.26 Å². The largest absolute Gasteiger partial charge is 0.395 e. The number of hydrogen-bond acceptors (Lipinski definition) is 3. The fraction of sp³-hybridized carbons (Fsp3) is 0.875. The SMILES string of the molecule is N#CCCN1CCC[C@H]1CO. The van der Waals surface area contributed by atoms with Crippen LogP contribution in [0.4, 0.5) is 0 Å². The molecule has 3 nitrogen and oxygen atoms in total. The summed E-state index contributed by atoms with van der Waals surface area (Å²) in [7, 11) is 0. The van der Waals surface area contributed by atoms with Crippen molar-refractivity contribution in [2.24, 2.45) is 0 Å². The molecule has 11 heavy (non-hydrogen) atoms. The van der Waals surface area contributed by atoms with E-state index in [1.807, 2.05) is 0 Å². The van der Waals surface area contributed by atoms with Crippen LogP contribution in [0, 0.1) is 11.3 Å². The van der Waals surface area contributed by atoms with Gasteiger partial charge in [0.25, 0.3) is 0 Å². The van der Waals surface area contributed by atoms with Gasteiger partial charge in [0.15, 0.2) is 0 Å². The van der Waals surface area contributed by atoms with Gasteiger partial charge in [-0.1, -0.05) is 0 Å². The minimum atomic E-state index is 0.241. The molecule has 1 rings (SSSR count). The van der Waals surface area contributed by atoms with Crippen LogP contribution in [-0.4, -0.2) is 35.7 Å². The van der Waals surface area contributed by atoms with E-state index in [2.05, 4.69) is 11.0 Å². The Hall–Kier alpha value is -0.590. The van der Waals surface area contributed by atoms with Gasteiger partial charge >= 0.3 is 0 Å². The zero-order valence-corrected chi connectivity index (χ0v) is 6.66. The maximum atomic E-state index is 8.91. The second-order valence-corrected chi connectivity index (χ2v) is 2.92. The van der Waals surface area contributed by atoms with Crippen molar-refractivity contribution in [2.45, 2.75) is 25.3 Å². The third-order valence-electron chi connectivity index (χ3n) is 2.22. The lowest BCUT2D eigenvalue weighted by Crippen LogP contribution is -2.32. The van der Waals surface area contributed by atoms with Gasteiger partial charge < -0.3 is 5.11 Å². The number of aliphatic hydroxyl groups is 1. The van der Waals surface area contributed by atoms with Crippen LogP contribution in [0.5, 0.6) is 0 Å². The summed E-state index contributed by atoms with van der Waals surface area (Å²) in [4.78, 5) is 2.20. The van der Waals surface area contributed by atoms with E-state index in [0.29, 0.717) is 12.5 Å². The number of nitriles is 1. The first kappa shape index (κ1) is 8.51. The van der Waals surface area contributed by atoms with Crippen molar-refractivity contribution in [1.82, 2.24) is 4.90 Å². The van der Waals surface area contributed by atoms with E-state index in [4.69, 9.17) is 10.4 Å². The van der Waals surface area contributed by atoms with Crippen molar-refractivity contribution in [3.63, 3.8) is 0 Å². The van der Waals surface area contributed by atoms with Gasteiger partial charge in [0.1, 0.15) is 0 Å². The summed E-state index contributed by atoms with van der Waals surface area (Å²) in [6.07, 6.45) is 2.83. The molecule has 1 N–H and O–H groups in total. The summed E-state index contributed by atoms with van der Waals surface area (Å²) < 4.78 is 0. The summed E-state index contributed by atoms with van der Waals surface area (Å²) in [5.74, 6) is 0. The van der Waals surface area contributed by atoms with Crippen molar-refractivity contribution >= 4 is 0 Å². The average Bonchev–Trinajstić information content (AvgIpc) is 2.47. The molecular formula is C8H14N2O. The van der Waals surface area contributed by atoms with Crippen LogP contribution >= 0.6 is 0 Å². The van der Waals surface area contributed by atoms with Gasteiger partial charge in [-0.2, -0.15) is 5.26 Å². The van der Waals surface area contributed by atoms with Crippen LogP contribution in [0.1, 0.15) is 19.3 Å². The maximum absolute atomic E-state index is 8.91. The second-order valence-electron chi connectivity index (χ2n) is 2.92. The fourth-order valence-electron chi connectivity index (χ4n) is 1.59. The standard InChI is InChI=1S/C8H14N2O/c9-4-2-6-10-5-1-3-8(10)7-11/h8,11H,1-3,5-7H2/t8-/m0/s1. The first-order valence-corrected chi connectivity index (χ1v) is 4.10. The summed E-state index contributed by atoms with van der Waals surface area (Å²) >= 11 is 0. The van der Waals surface area contributed by atoms with Gasteiger partial charge in [0.05, 0.1) is 12.7 Å². The molecule has 62 valence electrons. The predicted octanol–water partition coefficient (Wildman–Crippen LogP) is 0.357. The lowest BCUT2D eigenvalue weighted by molar-refractivity contribution is 0.161. The molecule has 0 aromatic carbocycles. The smallest absolute Gasteiger partial charge is 0.0635 e. The van der Waals surface area contributed by atoms with Crippen molar-refractivity contribution < 1.29 is 5.11 Å². The molecule has 0 spiro atoms. The van der Waals surface area contributed by atoms with Crippen molar-refractivity contribution in [3.05, 3.63) is 0 Å². The zero-order valence-electron chi connectivity index (χ0n) is 6.66. The summed E-state index contributed by atoms with van der Waals surface area (Å²) in [6.45, 7) is 2.11. The average molecular weight is 154 g/mol. The monoisotopic (exact) mass is 154 g/mol. The predicted molar refractivity (Wildman–Crippen MR) is 41.9 cm³/mol. The Balaban J connectivity index is 2.27. The van der Waals surface area contributed by atoms with Crippen molar-refractivity contribution in [3.8, 4) is 6.07 Å². The molecule has 0 saturated carbocycles. The summed E-state index contributed by atoms with van der Waals surface area (Å²) in [5, 5.41) is 17.3. The molecule has 0 aromatic heterocycles. The van der Waals surface area contributed by atoms with Crippen molar-refractivity contribution in [2.75, 3.05) is 19.7 Å². The molecule has 1 saturated heterocycles. The van der Waals surface area contributed by atoms with E-state index < -0.39 is 0 Å². The third kappa shape index (κ3) is 2.18. The Morgan fingerprint density at radius 3 is 3.09 bits per heavy atom. The van der Waals surface area contributed by atoms with Gasteiger partial charge in [0.2, 0.25) is 0 Å². The zero-order chi connectivity index (χ0) is 8.10. The Labute approximate surface area is 67.2 Å². The lowest BCUT2D eigenvalue weighted by atomic mass is 10.2. The van der Waals surface area contributed by atoms with E-state index in [1.54, 1.807) is 0 Å². The number of aliphatic hydroxyl groups excluding tert-OH is 1. The summed E-state index contributed by atoms with van der Waals surface area (Å²) in [5.41, 5.74) is 0. The van der Waals surface area contributed by atoms with E-state index in [-0.39, 0.29) is 6.61 Å². The van der Waals surface area contributed by atoms with E-state index in [1.165, 1.54) is 0 Å². The Bertz CT molecular complexity index is 153. The van der Waals surface area contributed by atoms with E-state index in [0.717, 1.165) is 25.9 Å². The van der Waals surface area contributed by atoms with Gasteiger partial charge in [-0.05, 0) is 19.4 Å². The maximum Gasteiger partial charge on any atom is 0.0635 e. The van der Waals surface area contributed by atoms with Gasteiger partial charge in [-0.25, -0.2) is 0 Å². The van der Waals surface area contributed by atoms with Crippen LogP contribution in [0.3, 0.4) is 0 Å². The number of nitrogens with zero attached hydrogens (tertiary/aromatic N) is 2. The van der Waals surface area contributed by atoms with E-state index in [9.17, 15) is 0 Å². The molecule has 0 amide bonds. The minimum absolute atomic E-state index is 0.241. The molecule has 1 aliphatic heterocycles. The quantitative estimate of drug-likeness (QED) is 0.638. The van der Waals surface area contributed by atoms with Gasteiger partial charge in [0, 0.05) is 19.0 Å². The molecule has 0 bridgehead atoms. The van der Waals surface area contributed by atoms with Gasteiger partial charge in [-0.3, -0.25) is 4.90 Å². The Morgan fingerprint density at radius 2 is 2.45 bits per heavy atom. The molecule has 0 aromatic rings. The number of hydrogen-bond donors (Lipinski definition) is 1. The Kier molecular flexibility index (Phi) is 3.34. The normalized spacial score (nSPS) is 25.3. The molecule has 1 atom stereocenters. The topological polar surface area (TPSA) is 47.3 Å². The van der Waals surface area contributed by atoms with E-state index >= 15 is 0 Å². The highest BCUT2D eigenvalue weighted by Crippen LogP contribution is 2.16. The van der Waals surface area contributed by atoms with Crippen LogP contribution in [-0.2, 0) is 0 Å². The molecule has 1 fully saturated rings. The molecule has 1 aliphatic rings. The highest BCUT2D eigenvalue weighted by Gasteiger charge is 2.22. The number of rotatable bonds is 3. The fourth-order valence-corrected chi connectivity index (χ4v) is 1.59. The van der Waals surface area contributed by atoms with Crippen LogP contribution in [0.2, 0.25) is 0 Å². The molecule has 0 radical (unpaired) electrons. The highest BCUT2D eigenvalue weighted by atomic mass is 16.3.